The quantitative estimate of drug-likeness (QED) is 0.0206. The van der Waals surface area contributed by atoms with E-state index in [0.717, 1.165) is 168 Å². The Morgan fingerprint density at radius 3 is 0.619 bits per heavy atom. The fourth-order valence-electron chi connectivity index (χ4n) is 15.8. The largest absolute Gasteiger partial charge is 0.385 e. The summed E-state index contributed by atoms with van der Waals surface area (Å²) in [4.78, 5) is 4.21. The summed E-state index contributed by atoms with van der Waals surface area (Å²) < 4.78 is 182. The van der Waals surface area contributed by atoms with Gasteiger partial charge in [0.2, 0.25) is 0 Å². The van der Waals surface area contributed by atoms with E-state index in [1.807, 2.05) is 24.3 Å². The summed E-state index contributed by atoms with van der Waals surface area (Å²) in [5.41, 5.74) is -3.31. The predicted octanol–water partition coefficient (Wildman–Crippen LogP) is 19.6. The smallest absolute Gasteiger partial charge is 0.380 e. The van der Waals surface area contributed by atoms with Crippen molar-refractivity contribution in [3.8, 4) is 39.0 Å². The van der Waals surface area contributed by atoms with E-state index in [2.05, 4.69) is 24.3 Å². The van der Waals surface area contributed by atoms with Crippen molar-refractivity contribution in [2.75, 3.05) is 165 Å². The molecule has 0 saturated carbocycles. The number of ether oxygens (including phenoxy) is 12. The lowest BCUT2D eigenvalue weighted by Crippen LogP contribution is -2.48. The monoisotopic (exact) mass is 1650 g/mol. The first-order chi connectivity index (χ1) is 50.8. The molecule has 0 bridgehead atoms. The number of alkyl halides is 6. The second kappa shape index (κ2) is 45.0. The van der Waals surface area contributed by atoms with Gasteiger partial charge in [0.05, 0.1) is 42.0 Å². The molecule has 105 heavy (non-hydrogen) atoms. The van der Waals surface area contributed by atoms with Crippen molar-refractivity contribution < 1.29 is 83.2 Å². The second-order valence-electron chi connectivity index (χ2n) is 28.1. The third-order valence-corrected chi connectivity index (χ3v) is 54.8. The molecular weight excluding hydrogens is 1540 g/mol. The van der Waals surface area contributed by atoms with E-state index >= 15 is 26.3 Å². The molecule has 0 unspecified atom stereocenters. The zero-order chi connectivity index (χ0) is 76.0. The lowest BCUT2D eigenvalue weighted by Gasteiger charge is -2.31. The van der Waals surface area contributed by atoms with E-state index in [9.17, 15) is 0 Å². The normalized spacial score (nSPS) is 14.9. The van der Waals surface area contributed by atoms with Crippen LogP contribution in [0.1, 0.15) is 88.2 Å². The first kappa shape index (κ1) is 90.1. The molecule has 1 aliphatic carbocycles. The third-order valence-electron chi connectivity index (χ3n) is 21.2. The molecule has 0 spiro atoms. The molecule has 592 valence electrons. The van der Waals surface area contributed by atoms with Crippen LogP contribution in [0.15, 0.2) is 60.7 Å². The summed E-state index contributed by atoms with van der Waals surface area (Å²) in [5.74, 6) is -16.6. The summed E-state index contributed by atoms with van der Waals surface area (Å²) in [6.07, 6.45) is 9.70. The molecule has 0 N–H and O–H groups in total. The highest BCUT2D eigenvalue weighted by atomic mass is 32.1. The molecular formula is C77H118F6O12S6Si4. The fourth-order valence-corrected chi connectivity index (χ4v) is 47.6. The summed E-state index contributed by atoms with van der Waals surface area (Å²) in [5, 5.41) is 0. The van der Waals surface area contributed by atoms with Crippen LogP contribution in [-0.4, -0.2) is 215 Å². The minimum absolute atomic E-state index is 0.253. The maximum Gasteiger partial charge on any atom is 0.380 e. The fraction of sp³-hybridized carbons (Fsp3) is 0.662. The van der Waals surface area contributed by atoms with Gasteiger partial charge in [-0.25, -0.2) is 0 Å². The summed E-state index contributed by atoms with van der Waals surface area (Å²) >= 11 is 8.63. The molecule has 0 fully saturated rings. The number of hydrogen-bond acceptors (Lipinski definition) is 18. The number of thiophene rings is 6. The lowest BCUT2D eigenvalue weighted by atomic mass is 9.94. The van der Waals surface area contributed by atoms with Crippen LogP contribution < -0.4 is 18.0 Å². The standard InChI is InChI=1S/C77H118F6O12S6Si4/c1-84-33-13-45-102(46-14-34-85-2,47-15-35-86-3)67-29-25-61(96-67)65-57-59(73(100-65)63-27-31-69(98-63)104(51-19-39-90-7,52-20-40-91-8)53-21-41-92-9)71-72(76(80,81)77(82,83)75(71,78)79)60-58-66(62-26-30-68(97-62)103(48-16-36-87-4,49-17-37-88-5)50-18-38-89-6)101-74(60)64-28-32-70(99-64)105(54-22-42-93-10,55-23-43-94-11)56-24-44-95-12/h25-32,57-58H,13-24,33-56H2,1-12H3. The minimum atomic E-state index is -5.86. The Kier molecular flexibility index (Phi) is 38.6. The summed E-state index contributed by atoms with van der Waals surface area (Å²) in [7, 11) is 10.6. The minimum Gasteiger partial charge on any atom is -0.385 e. The number of hydrogen-bond donors (Lipinski definition) is 0. The van der Waals surface area contributed by atoms with Crippen molar-refractivity contribution in [1.29, 1.82) is 0 Å². The average molecular weight is 1650 g/mol. The van der Waals surface area contributed by atoms with Crippen molar-refractivity contribution >= 4 is 129 Å². The first-order valence-corrected chi connectivity index (χ1v) is 52.6. The Hall–Kier alpha value is -2.09. The van der Waals surface area contributed by atoms with Crippen molar-refractivity contribution in [3.05, 3.63) is 71.8 Å². The van der Waals surface area contributed by atoms with Gasteiger partial charge in [-0.3, -0.25) is 0 Å². The molecule has 0 amide bonds. The van der Waals surface area contributed by atoms with Crippen molar-refractivity contribution in [3.63, 3.8) is 0 Å². The SMILES string of the molecule is COCCC[Si](CCCOC)(CCCOC)c1ccc(-c2cc(C3=C(c4cc(-c5ccc([Si](CCCOC)(CCCOC)CCCOC)s5)sc4-c4ccc([Si](CCCOC)(CCCOC)CCCOC)s4)C(F)(F)C(F)(F)C3(F)F)c(-c3ccc([Si](CCCOC)(CCCOC)CCCOC)s3)s2)s1. The molecule has 6 aromatic heterocycles. The van der Waals surface area contributed by atoms with Crippen LogP contribution in [0, 0.1) is 0 Å². The van der Waals surface area contributed by atoms with Crippen LogP contribution in [0.5, 0.6) is 0 Å². The molecule has 6 heterocycles. The maximum absolute atomic E-state index is 18.5. The highest BCUT2D eigenvalue weighted by Gasteiger charge is 2.80. The molecule has 0 radical (unpaired) electrons. The Morgan fingerprint density at radius 2 is 0.429 bits per heavy atom. The molecule has 0 aromatic carbocycles. The average Bonchev–Trinajstić information content (AvgIpc) is 1.52. The topological polar surface area (TPSA) is 111 Å². The summed E-state index contributed by atoms with van der Waals surface area (Å²) in [6.45, 7) is 6.73. The van der Waals surface area contributed by atoms with Gasteiger partial charge < -0.3 is 56.8 Å². The third kappa shape index (κ3) is 22.7. The molecule has 0 saturated heterocycles. The predicted molar refractivity (Wildman–Crippen MR) is 441 cm³/mol. The van der Waals surface area contributed by atoms with Crippen LogP contribution >= 0.6 is 68.0 Å². The van der Waals surface area contributed by atoms with Crippen molar-refractivity contribution in [1.82, 2.24) is 0 Å². The highest BCUT2D eigenvalue weighted by molar-refractivity contribution is 7.35. The van der Waals surface area contributed by atoms with Gasteiger partial charge in [-0.05, 0) is 131 Å². The van der Waals surface area contributed by atoms with Crippen LogP contribution in [0.25, 0.3) is 50.2 Å². The summed E-state index contributed by atoms with van der Waals surface area (Å²) in [6, 6.07) is 30.2. The van der Waals surface area contributed by atoms with Gasteiger partial charge in [0, 0.05) is 216 Å². The van der Waals surface area contributed by atoms with Crippen LogP contribution in [0.2, 0.25) is 72.5 Å². The van der Waals surface area contributed by atoms with Gasteiger partial charge >= 0.3 is 17.8 Å². The number of halogens is 6. The van der Waals surface area contributed by atoms with E-state index in [-0.39, 0.29) is 20.9 Å². The van der Waals surface area contributed by atoms with Gasteiger partial charge in [-0.1, -0.05) is 96.8 Å². The molecule has 0 atom stereocenters. The van der Waals surface area contributed by atoms with Crippen molar-refractivity contribution in [2.24, 2.45) is 0 Å². The van der Waals surface area contributed by atoms with E-state index in [0.29, 0.717) is 98.8 Å². The molecule has 28 heteroatoms. The van der Waals surface area contributed by atoms with Crippen LogP contribution in [0.3, 0.4) is 0 Å². The number of rotatable bonds is 58. The zero-order valence-electron chi connectivity index (χ0n) is 64.3. The second-order valence-corrected chi connectivity index (χ2v) is 54.4. The first-order valence-electron chi connectivity index (χ1n) is 37.2. The molecule has 1 aliphatic rings. The Labute approximate surface area is 650 Å². The zero-order valence-corrected chi connectivity index (χ0v) is 73.2. The number of allylic oxidation sites excluding steroid dienone is 2. The molecule has 0 aliphatic heterocycles. The Balaban J connectivity index is 1.62. The van der Waals surface area contributed by atoms with Gasteiger partial charge in [0.1, 0.15) is 0 Å². The van der Waals surface area contributed by atoms with Gasteiger partial charge in [-0.2, -0.15) is 26.3 Å². The van der Waals surface area contributed by atoms with Crippen LogP contribution in [-0.2, 0) is 56.8 Å². The van der Waals surface area contributed by atoms with Gasteiger partial charge in [-0.15, -0.1) is 68.0 Å². The van der Waals surface area contributed by atoms with E-state index in [1.54, 1.807) is 120 Å². The van der Waals surface area contributed by atoms with Crippen LogP contribution in [0.4, 0.5) is 26.3 Å². The molecule has 7 rings (SSSR count). The van der Waals surface area contributed by atoms with Gasteiger partial charge in [0.15, 0.2) is 0 Å². The highest BCUT2D eigenvalue weighted by Crippen LogP contribution is 2.68. The van der Waals surface area contributed by atoms with E-state index in [4.69, 9.17) is 56.8 Å². The van der Waals surface area contributed by atoms with Gasteiger partial charge in [0.25, 0.3) is 0 Å². The van der Waals surface area contributed by atoms with E-state index < -0.39 is 61.2 Å². The van der Waals surface area contributed by atoms with E-state index in [1.165, 1.54) is 54.3 Å². The maximum atomic E-state index is 18.5. The number of methoxy groups -OCH3 is 12. The van der Waals surface area contributed by atoms with Crippen molar-refractivity contribution in [2.45, 2.75) is 167 Å². The lowest BCUT2D eigenvalue weighted by molar-refractivity contribution is -0.254. The Bertz CT molecular complexity index is 3160. The Morgan fingerprint density at radius 1 is 0.248 bits per heavy atom. The molecule has 12 nitrogen and oxygen atoms in total. The molecule has 6 aromatic rings.